The number of anilines is 1. The molecule has 3 rings (SSSR count). The summed E-state index contributed by atoms with van der Waals surface area (Å²) < 4.78 is 50.9. The molecule has 21 heavy (non-hydrogen) atoms. The van der Waals surface area contributed by atoms with Crippen molar-refractivity contribution in [3.63, 3.8) is 0 Å². The van der Waals surface area contributed by atoms with Crippen LogP contribution < -0.4 is 5.32 Å². The minimum absolute atomic E-state index is 0.102. The van der Waals surface area contributed by atoms with Gasteiger partial charge in [0.25, 0.3) is 0 Å². The number of rotatable bonds is 2. The van der Waals surface area contributed by atoms with Crippen LogP contribution in [0, 0.1) is 11.6 Å². The quantitative estimate of drug-likeness (QED) is 0.916. The third-order valence-electron chi connectivity index (χ3n) is 3.34. The molecule has 0 aromatic heterocycles. The molecule has 7 heteroatoms. The number of fused-ring (bicyclic) bond motifs is 1. The zero-order valence-electron chi connectivity index (χ0n) is 10.6. The highest BCUT2D eigenvalue weighted by Gasteiger charge is 2.35. The molecule has 3 nitrogen and oxygen atoms in total. The predicted molar refractivity (Wildman–Crippen MR) is 76.2 cm³/mol. The van der Waals surface area contributed by atoms with Crippen LogP contribution >= 0.6 is 11.6 Å². The normalized spacial score (nSPS) is 19.3. The van der Waals surface area contributed by atoms with Gasteiger partial charge in [0, 0.05) is 6.07 Å². The minimum atomic E-state index is -3.41. The lowest BCUT2D eigenvalue weighted by Gasteiger charge is -2.16. The fourth-order valence-corrected chi connectivity index (χ4v) is 4.41. The van der Waals surface area contributed by atoms with Gasteiger partial charge in [-0.05, 0) is 17.7 Å². The zero-order chi connectivity index (χ0) is 15.2. The average molecular weight is 330 g/mol. The molecule has 0 saturated heterocycles. The van der Waals surface area contributed by atoms with Gasteiger partial charge in [0.05, 0.1) is 27.4 Å². The molecule has 2 aromatic carbocycles. The Bertz CT molecular complexity index is 800. The van der Waals surface area contributed by atoms with Crippen molar-refractivity contribution in [1.29, 1.82) is 0 Å². The number of halogens is 3. The fraction of sp³-hybridized carbons (Fsp3) is 0.143. The van der Waals surface area contributed by atoms with E-state index in [9.17, 15) is 17.2 Å². The van der Waals surface area contributed by atoms with Crippen molar-refractivity contribution in [3.8, 4) is 0 Å². The summed E-state index contributed by atoms with van der Waals surface area (Å²) in [6.07, 6.45) is 0. The van der Waals surface area contributed by atoms with E-state index in [2.05, 4.69) is 5.32 Å². The Kier molecular flexibility index (Phi) is 3.37. The first-order valence-corrected chi connectivity index (χ1v) is 8.14. The maximum atomic E-state index is 13.8. The Morgan fingerprint density at radius 2 is 1.90 bits per heavy atom. The Hall–Kier alpha value is -1.66. The molecule has 110 valence electrons. The molecule has 0 aliphatic carbocycles. The maximum Gasteiger partial charge on any atom is 0.181 e. The average Bonchev–Trinajstić information content (AvgIpc) is 2.66. The number of hydrogen-bond donors (Lipinski definition) is 1. The highest BCUT2D eigenvalue weighted by Crippen LogP contribution is 2.37. The molecule has 0 fully saturated rings. The van der Waals surface area contributed by atoms with Gasteiger partial charge in [0.2, 0.25) is 0 Å². The van der Waals surface area contributed by atoms with Crippen molar-refractivity contribution in [2.75, 3.05) is 11.1 Å². The molecular weight excluding hydrogens is 320 g/mol. The van der Waals surface area contributed by atoms with Crippen molar-refractivity contribution < 1.29 is 17.2 Å². The molecule has 1 aliphatic heterocycles. The van der Waals surface area contributed by atoms with Crippen molar-refractivity contribution >= 4 is 27.1 Å². The number of sulfone groups is 1. The number of nitrogens with one attached hydrogen (secondary N) is 1. The lowest BCUT2D eigenvalue weighted by molar-refractivity contribution is 0.583. The topological polar surface area (TPSA) is 46.2 Å². The largest absolute Gasteiger partial charge is 0.374 e. The van der Waals surface area contributed by atoms with Gasteiger partial charge in [-0.15, -0.1) is 0 Å². The van der Waals surface area contributed by atoms with E-state index in [4.69, 9.17) is 11.6 Å². The third kappa shape index (κ3) is 2.49. The number of hydrogen-bond acceptors (Lipinski definition) is 3. The fourth-order valence-electron chi connectivity index (χ4n) is 2.42. The van der Waals surface area contributed by atoms with Crippen LogP contribution in [0.3, 0.4) is 0 Å². The van der Waals surface area contributed by atoms with Gasteiger partial charge in [-0.1, -0.05) is 29.8 Å². The van der Waals surface area contributed by atoms with Crippen LogP contribution in [0.25, 0.3) is 0 Å². The van der Waals surface area contributed by atoms with Crippen LogP contribution in [0.5, 0.6) is 0 Å². The molecule has 1 N–H and O–H groups in total. The summed E-state index contributed by atoms with van der Waals surface area (Å²) in [7, 11) is -3.41. The van der Waals surface area contributed by atoms with Crippen LogP contribution in [0.15, 0.2) is 41.3 Å². The molecule has 1 aliphatic rings. The SMILES string of the molecule is O=S1(=O)CC(Nc2c(F)cc(F)cc2Cl)c2ccccc21. The molecule has 1 atom stereocenters. The summed E-state index contributed by atoms with van der Waals surface area (Å²) in [4.78, 5) is 0.223. The van der Waals surface area contributed by atoms with Gasteiger partial charge in [0.15, 0.2) is 15.7 Å². The van der Waals surface area contributed by atoms with E-state index >= 15 is 0 Å². The highest BCUT2D eigenvalue weighted by molar-refractivity contribution is 7.91. The van der Waals surface area contributed by atoms with Gasteiger partial charge in [-0.25, -0.2) is 17.2 Å². The smallest absolute Gasteiger partial charge is 0.181 e. The maximum absolute atomic E-state index is 13.8. The second-order valence-electron chi connectivity index (χ2n) is 4.76. The second kappa shape index (κ2) is 4.96. The van der Waals surface area contributed by atoms with Gasteiger partial charge >= 0.3 is 0 Å². The summed E-state index contributed by atoms with van der Waals surface area (Å²) in [5, 5.41) is 2.63. The Morgan fingerprint density at radius 3 is 2.62 bits per heavy atom. The summed E-state index contributed by atoms with van der Waals surface area (Å²) in [6, 6.07) is 7.55. The molecular formula is C14H10ClF2NO2S. The molecule has 1 heterocycles. The highest BCUT2D eigenvalue weighted by atomic mass is 35.5. The van der Waals surface area contributed by atoms with Crippen molar-refractivity contribution in [1.82, 2.24) is 0 Å². The van der Waals surface area contributed by atoms with Gasteiger partial charge in [-0.3, -0.25) is 0 Å². The molecule has 0 amide bonds. The van der Waals surface area contributed by atoms with Crippen LogP contribution in [0.2, 0.25) is 5.02 Å². The predicted octanol–water partition coefficient (Wildman–Crippen LogP) is 3.56. The first kappa shape index (κ1) is 14.3. The molecule has 0 saturated carbocycles. The second-order valence-corrected chi connectivity index (χ2v) is 7.17. The summed E-state index contributed by atoms with van der Waals surface area (Å²) >= 11 is 5.82. The lowest BCUT2D eigenvalue weighted by Crippen LogP contribution is -2.14. The number of benzene rings is 2. The molecule has 2 aromatic rings. The molecule has 1 unspecified atom stereocenters. The summed E-state index contributed by atoms with van der Waals surface area (Å²) in [6.45, 7) is 0. The van der Waals surface area contributed by atoms with E-state index in [-0.39, 0.29) is 21.4 Å². The van der Waals surface area contributed by atoms with E-state index in [0.717, 1.165) is 6.07 Å². The van der Waals surface area contributed by atoms with Gasteiger partial charge < -0.3 is 5.32 Å². The van der Waals surface area contributed by atoms with E-state index in [1.54, 1.807) is 18.2 Å². The van der Waals surface area contributed by atoms with Gasteiger partial charge in [-0.2, -0.15) is 0 Å². The summed E-state index contributed by atoms with van der Waals surface area (Å²) in [5.41, 5.74) is 0.451. The summed E-state index contributed by atoms with van der Waals surface area (Å²) in [5.74, 6) is -1.84. The first-order valence-electron chi connectivity index (χ1n) is 6.11. The molecule has 0 radical (unpaired) electrons. The van der Waals surface area contributed by atoms with Crippen molar-refractivity contribution in [2.45, 2.75) is 10.9 Å². The van der Waals surface area contributed by atoms with E-state index < -0.39 is 27.5 Å². The van der Waals surface area contributed by atoms with Crippen molar-refractivity contribution in [3.05, 3.63) is 58.6 Å². The minimum Gasteiger partial charge on any atom is -0.374 e. The van der Waals surface area contributed by atoms with E-state index in [0.29, 0.717) is 11.6 Å². The molecule has 0 bridgehead atoms. The van der Waals surface area contributed by atoms with E-state index in [1.807, 2.05) is 0 Å². The Labute approximate surface area is 125 Å². The lowest BCUT2D eigenvalue weighted by atomic mass is 10.1. The Balaban J connectivity index is 2.02. The monoisotopic (exact) mass is 329 g/mol. The van der Waals surface area contributed by atoms with Crippen LogP contribution in [-0.2, 0) is 9.84 Å². The van der Waals surface area contributed by atoms with Gasteiger partial charge in [0.1, 0.15) is 5.82 Å². The zero-order valence-corrected chi connectivity index (χ0v) is 12.2. The van der Waals surface area contributed by atoms with E-state index in [1.165, 1.54) is 6.07 Å². The van der Waals surface area contributed by atoms with Crippen LogP contribution in [-0.4, -0.2) is 14.2 Å². The third-order valence-corrected chi connectivity index (χ3v) is 5.45. The van der Waals surface area contributed by atoms with Crippen LogP contribution in [0.4, 0.5) is 14.5 Å². The van der Waals surface area contributed by atoms with Crippen LogP contribution in [0.1, 0.15) is 11.6 Å². The Morgan fingerprint density at radius 1 is 1.19 bits per heavy atom. The molecule has 0 spiro atoms. The first-order chi connectivity index (χ1) is 9.88. The standard InChI is InChI=1S/C14H10ClF2NO2S/c15-10-5-8(16)6-11(17)14(10)18-12-7-21(19,20)13-4-2-1-3-9(12)13/h1-6,12,18H,7H2. The van der Waals surface area contributed by atoms with Crippen molar-refractivity contribution in [2.24, 2.45) is 0 Å².